The predicted octanol–water partition coefficient (Wildman–Crippen LogP) is 4.57. The van der Waals surface area contributed by atoms with Crippen LogP contribution in [0.5, 0.6) is 11.5 Å². The number of rotatable bonds is 5. The lowest BCUT2D eigenvalue weighted by Gasteiger charge is -2.36. The number of carbonyl (C=O) groups is 1. The van der Waals surface area contributed by atoms with E-state index in [0.29, 0.717) is 35.4 Å². The van der Waals surface area contributed by atoms with Crippen molar-refractivity contribution in [2.45, 2.75) is 51.6 Å². The van der Waals surface area contributed by atoms with E-state index in [1.807, 2.05) is 13.0 Å². The van der Waals surface area contributed by atoms with Crippen LogP contribution in [0, 0.1) is 11.6 Å². The maximum atomic E-state index is 14.5. The Morgan fingerprint density at radius 1 is 1.21 bits per heavy atom. The van der Waals surface area contributed by atoms with Gasteiger partial charge in [0.15, 0.2) is 11.6 Å². The number of piperidine rings is 1. The molecular formula is C26H30F2N4O2. The van der Waals surface area contributed by atoms with E-state index in [2.05, 4.69) is 5.32 Å². The highest BCUT2D eigenvalue weighted by molar-refractivity contribution is 6.11. The van der Waals surface area contributed by atoms with E-state index in [4.69, 9.17) is 15.5 Å². The molecule has 2 aliphatic heterocycles. The first-order valence-electron chi connectivity index (χ1n) is 11.6. The fraction of sp³-hybridized carbons (Fsp3) is 0.385. The molecule has 2 aromatic rings. The van der Waals surface area contributed by atoms with Gasteiger partial charge < -0.3 is 20.7 Å². The summed E-state index contributed by atoms with van der Waals surface area (Å²) in [7, 11) is 0. The van der Waals surface area contributed by atoms with Crippen molar-refractivity contribution in [1.29, 1.82) is 0 Å². The second-order valence-corrected chi connectivity index (χ2v) is 8.77. The number of nitrogens with two attached hydrogens (primary N) is 1. The number of nitrogens with zero attached hydrogens (tertiary/aromatic N) is 2. The Balaban J connectivity index is 1.81. The molecule has 180 valence electrons. The van der Waals surface area contributed by atoms with Crippen molar-refractivity contribution in [2.24, 2.45) is 10.7 Å². The SMILES string of the molecule is CC(=O)N1c2ccc(C(C=NC3CCNCC3)=CN)c(Oc3cc(F)ccc3F)c2CC[C@@H]1C. The van der Waals surface area contributed by atoms with Crippen molar-refractivity contribution in [2.75, 3.05) is 18.0 Å². The van der Waals surface area contributed by atoms with Crippen LogP contribution in [0.3, 0.4) is 0 Å². The van der Waals surface area contributed by atoms with Crippen LogP contribution in [0.4, 0.5) is 14.5 Å². The highest BCUT2D eigenvalue weighted by Crippen LogP contribution is 2.43. The zero-order chi connectivity index (χ0) is 24.2. The van der Waals surface area contributed by atoms with Gasteiger partial charge in [-0.3, -0.25) is 9.79 Å². The number of carbonyl (C=O) groups excluding carboxylic acids is 1. The number of ether oxygens (including phenoxy) is 1. The normalized spacial score (nSPS) is 19.4. The minimum atomic E-state index is -0.681. The van der Waals surface area contributed by atoms with Crippen molar-refractivity contribution in [1.82, 2.24) is 5.32 Å². The Bertz CT molecular complexity index is 1130. The van der Waals surface area contributed by atoms with Gasteiger partial charge in [-0.05, 0) is 70.0 Å². The number of halogens is 2. The summed E-state index contributed by atoms with van der Waals surface area (Å²) < 4.78 is 34.5. The molecule has 4 rings (SSSR count). The van der Waals surface area contributed by atoms with Crippen LogP contribution in [0.1, 0.15) is 44.2 Å². The number of benzene rings is 2. The van der Waals surface area contributed by atoms with Gasteiger partial charge in [0.05, 0.1) is 11.7 Å². The van der Waals surface area contributed by atoms with Crippen molar-refractivity contribution in [3.63, 3.8) is 0 Å². The first-order valence-corrected chi connectivity index (χ1v) is 11.6. The molecule has 0 bridgehead atoms. The first-order chi connectivity index (χ1) is 16.4. The van der Waals surface area contributed by atoms with E-state index in [1.165, 1.54) is 13.1 Å². The third-order valence-corrected chi connectivity index (χ3v) is 6.42. The molecular weight excluding hydrogens is 438 g/mol. The minimum absolute atomic E-state index is 0.0144. The molecule has 0 aliphatic carbocycles. The summed E-state index contributed by atoms with van der Waals surface area (Å²) in [6.07, 6.45) is 6.35. The van der Waals surface area contributed by atoms with E-state index in [9.17, 15) is 13.6 Å². The van der Waals surface area contributed by atoms with Crippen LogP contribution in [0.2, 0.25) is 0 Å². The lowest BCUT2D eigenvalue weighted by atomic mass is 9.91. The Labute approximate surface area is 198 Å². The van der Waals surface area contributed by atoms with Crippen LogP contribution in [-0.4, -0.2) is 37.3 Å². The van der Waals surface area contributed by atoms with Crippen LogP contribution < -0.4 is 20.7 Å². The average molecular weight is 469 g/mol. The summed E-state index contributed by atoms with van der Waals surface area (Å²) in [5, 5.41) is 3.31. The summed E-state index contributed by atoms with van der Waals surface area (Å²) in [5.74, 6) is -1.25. The number of hydrogen-bond donors (Lipinski definition) is 2. The molecule has 2 heterocycles. The average Bonchev–Trinajstić information content (AvgIpc) is 2.83. The van der Waals surface area contributed by atoms with Gasteiger partial charge >= 0.3 is 0 Å². The fourth-order valence-corrected chi connectivity index (χ4v) is 4.64. The zero-order valence-electron chi connectivity index (χ0n) is 19.5. The Kier molecular flexibility index (Phi) is 7.26. The van der Waals surface area contributed by atoms with E-state index in [-0.39, 0.29) is 23.7 Å². The van der Waals surface area contributed by atoms with Crippen molar-refractivity contribution in [3.8, 4) is 11.5 Å². The van der Waals surface area contributed by atoms with Crippen molar-refractivity contribution < 1.29 is 18.3 Å². The summed E-state index contributed by atoms with van der Waals surface area (Å²) >= 11 is 0. The summed E-state index contributed by atoms with van der Waals surface area (Å²) in [6, 6.07) is 6.95. The third-order valence-electron chi connectivity index (χ3n) is 6.42. The zero-order valence-corrected chi connectivity index (χ0v) is 19.5. The van der Waals surface area contributed by atoms with Gasteiger partial charge in [0, 0.05) is 48.1 Å². The molecule has 2 aliphatic rings. The number of fused-ring (bicyclic) bond motifs is 1. The third kappa shape index (κ3) is 4.97. The topological polar surface area (TPSA) is 80.0 Å². The van der Waals surface area contributed by atoms with Gasteiger partial charge in [-0.25, -0.2) is 8.78 Å². The number of nitrogens with one attached hydrogen (secondary N) is 1. The molecule has 0 unspecified atom stereocenters. The van der Waals surface area contributed by atoms with E-state index in [1.54, 1.807) is 17.2 Å². The number of aliphatic imine (C=N–C) groups is 1. The summed E-state index contributed by atoms with van der Waals surface area (Å²) in [4.78, 5) is 18.8. The van der Waals surface area contributed by atoms with E-state index < -0.39 is 11.6 Å². The highest BCUT2D eigenvalue weighted by Gasteiger charge is 2.30. The van der Waals surface area contributed by atoms with Crippen LogP contribution in [0.25, 0.3) is 5.57 Å². The van der Waals surface area contributed by atoms with Gasteiger partial charge in [0.1, 0.15) is 11.6 Å². The molecule has 34 heavy (non-hydrogen) atoms. The standard InChI is InChI=1S/C26H30F2N4O2/c1-16-3-5-22-24(32(16)17(2)33)8-6-21(18(14-29)15-31-20-9-11-30-12-10-20)26(22)34-25-13-19(27)4-7-23(25)28/h4,6-8,13-16,20,30H,3,5,9-12,29H2,1-2H3/t16-/m0/s1. The van der Waals surface area contributed by atoms with E-state index >= 15 is 0 Å². The molecule has 0 aromatic heterocycles. The van der Waals surface area contributed by atoms with Gasteiger partial charge in [-0.15, -0.1) is 0 Å². The monoisotopic (exact) mass is 468 g/mol. The lowest BCUT2D eigenvalue weighted by molar-refractivity contribution is -0.117. The largest absolute Gasteiger partial charge is 0.453 e. The number of allylic oxidation sites excluding steroid dienone is 1. The maximum absolute atomic E-state index is 14.5. The molecule has 1 saturated heterocycles. The summed E-state index contributed by atoms with van der Waals surface area (Å²) in [6.45, 7) is 5.33. The molecule has 6 nitrogen and oxygen atoms in total. The Hall–Kier alpha value is -3.26. The van der Waals surface area contributed by atoms with Gasteiger partial charge in [0.25, 0.3) is 0 Å². The predicted molar refractivity (Wildman–Crippen MR) is 130 cm³/mol. The smallest absolute Gasteiger partial charge is 0.224 e. The number of hydrogen-bond acceptors (Lipinski definition) is 5. The Morgan fingerprint density at radius 3 is 2.68 bits per heavy atom. The second kappa shape index (κ2) is 10.3. The molecule has 0 spiro atoms. The van der Waals surface area contributed by atoms with E-state index in [0.717, 1.165) is 49.7 Å². The first kappa shape index (κ1) is 23.9. The van der Waals surface area contributed by atoms with Gasteiger partial charge in [-0.1, -0.05) is 0 Å². The highest BCUT2D eigenvalue weighted by atomic mass is 19.1. The lowest BCUT2D eigenvalue weighted by Crippen LogP contribution is -2.40. The fourth-order valence-electron chi connectivity index (χ4n) is 4.64. The molecule has 0 saturated carbocycles. The Morgan fingerprint density at radius 2 is 1.97 bits per heavy atom. The van der Waals surface area contributed by atoms with Crippen molar-refractivity contribution >= 4 is 23.4 Å². The molecule has 0 radical (unpaired) electrons. The molecule has 1 atom stereocenters. The summed E-state index contributed by atoms with van der Waals surface area (Å²) in [5.41, 5.74) is 8.67. The number of anilines is 1. The molecule has 1 fully saturated rings. The van der Waals surface area contributed by atoms with Crippen LogP contribution in [-0.2, 0) is 11.2 Å². The molecule has 3 N–H and O–H groups in total. The molecule has 8 heteroatoms. The maximum Gasteiger partial charge on any atom is 0.224 e. The van der Waals surface area contributed by atoms with Gasteiger partial charge in [0.2, 0.25) is 5.91 Å². The van der Waals surface area contributed by atoms with Crippen LogP contribution >= 0.6 is 0 Å². The quantitative estimate of drug-likeness (QED) is 0.630. The minimum Gasteiger partial charge on any atom is -0.453 e. The van der Waals surface area contributed by atoms with Crippen LogP contribution in [0.15, 0.2) is 41.5 Å². The number of amides is 1. The van der Waals surface area contributed by atoms with Crippen molar-refractivity contribution in [3.05, 3.63) is 59.3 Å². The second-order valence-electron chi connectivity index (χ2n) is 8.77. The molecule has 1 amide bonds. The molecule has 2 aromatic carbocycles. The van der Waals surface area contributed by atoms with Gasteiger partial charge in [-0.2, -0.15) is 0 Å².